The lowest BCUT2D eigenvalue weighted by molar-refractivity contribution is -0.274. The SMILES string of the molecule is O=C(Nc1ccccc1-c1nc2ncccc2o1)c1ccc(OC(F)(F)F)cc1. The van der Waals surface area contributed by atoms with Gasteiger partial charge < -0.3 is 14.5 Å². The maximum atomic E-state index is 12.5. The van der Waals surface area contributed by atoms with Gasteiger partial charge in [-0.05, 0) is 48.5 Å². The van der Waals surface area contributed by atoms with Crippen molar-refractivity contribution in [2.45, 2.75) is 6.36 Å². The van der Waals surface area contributed by atoms with Gasteiger partial charge in [-0.3, -0.25) is 4.79 Å². The molecule has 0 saturated carbocycles. The Labute approximate surface area is 162 Å². The van der Waals surface area contributed by atoms with Gasteiger partial charge in [0.25, 0.3) is 5.91 Å². The summed E-state index contributed by atoms with van der Waals surface area (Å²) >= 11 is 0. The molecule has 0 spiro atoms. The van der Waals surface area contributed by atoms with Crippen molar-refractivity contribution in [1.29, 1.82) is 0 Å². The number of oxazole rings is 1. The van der Waals surface area contributed by atoms with E-state index in [1.165, 1.54) is 12.1 Å². The fraction of sp³-hybridized carbons (Fsp3) is 0.0500. The molecule has 0 radical (unpaired) electrons. The van der Waals surface area contributed by atoms with Crippen molar-refractivity contribution in [2.75, 3.05) is 5.32 Å². The molecule has 4 rings (SSSR count). The number of amides is 1. The quantitative estimate of drug-likeness (QED) is 0.520. The molecule has 0 aliphatic rings. The molecule has 2 heterocycles. The first kappa shape index (κ1) is 18.5. The van der Waals surface area contributed by atoms with Gasteiger partial charge in [-0.15, -0.1) is 13.2 Å². The zero-order chi connectivity index (χ0) is 20.4. The number of carbonyl (C=O) groups excluding carboxylic acids is 1. The smallest absolute Gasteiger partial charge is 0.434 e. The van der Waals surface area contributed by atoms with Gasteiger partial charge in [-0.25, -0.2) is 4.98 Å². The van der Waals surface area contributed by atoms with Crippen LogP contribution in [0.4, 0.5) is 18.9 Å². The zero-order valence-corrected chi connectivity index (χ0v) is 14.6. The van der Waals surface area contributed by atoms with E-state index in [1.807, 2.05) is 0 Å². The van der Waals surface area contributed by atoms with Crippen LogP contribution in [0.25, 0.3) is 22.7 Å². The number of nitrogens with one attached hydrogen (secondary N) is 1. The Morgan fingerprint density at radius 3 is 2.48 bits per heavy atom. The number of hydrogen-bond acceptors (Lipinski definition) is 5. The van der Waals surface area contributed by atoms with Crippen LogP contribution in [0, 0.1) is 0 Å². The second-order valence-electron chi connectivity index (χ2n) is 5.92. The highest BCUT2D eigenvalue weighted by molar-refractivity contribution is 6.06. The van der Waals surface area contributed by atoms with Gasteiger partial charge in [-0.2, -0.15) is 4.98 Å². The Morgan fingerprint density at radius 1 is 1.00 bits per heavy atom. The molecule has 0 aliphatic carbocycles. The number of hydrogen-bond donors (Lipinski definition) is 1. The van der Waals surface area contributed by atoms with Crippen molar-refractivity contribution in [2.24, 2.45) is 0 Å². The number of carbonyl (C=O) groups is 1. The van der Waals surface area contributed by atoms with Crippen LogP contribution >= 0.6 is 0 Å². The number of anilines is 1. The number of halogens is 3. The van der Waals surface area contributed by atoms with Crippen LogP contribution in [0.1, 0.15) is 10.4 Å². The van der Waals surface area contributed by atoms with Crippen LogP contribution in [0.2, 0.25) is 0 Å². The van der Waals surface area contributed by atoms with E-state index in [0.29, 0.717) is 22.5 Å². The number of ether oxygens (including phenoxy) is 1. The van der Waals surface area contributed by atoms with Gasteiger partial charge in [0.15, 0.2) is 11.2 Å². The van der Waals surface area contributed by atoms with Crippen molar-refractivity contribution in [1.82, 2.24) is 9.97 Å². The summed E-state index contributed by atoms with van der Waals surface area (Å²) in [5.74, 6) is -0.637. The number of fused-ring (bicyclic) bond motifs is 1. The number of alkyl halides is 3. The van der Waals surface area contributed by atoms with Crippen LogP contribution in [-0.4, -0.2) is 22.2 Å². The molecule has 0 saturated heterocycles. The zero-order valence-electron chi connectivity index (χ0n) is 14.6. The minimum absolute atomic E-state index is 0.161. The summed E-state index contributed by atoms with van der Waals surface area (Å²) < 4.78 is 46.2. The van der Waals surface area contributed by atoms with E-state index in [0.717, 1.165) is 12.1 Å². The molecule has 1 N–H and O–H groups in total. The molecule has 2 aromatic carbocycles. The first-order valence-corrected chi connectivity index (χ1v) is 8.37. The second-order valence-corrected chi connectivity index (χ2v) is 5.92. The lowest BCUT2D eigenvalue weighted by atomic mass is 10.1. The maximum Gasteiger partial charge on any atom is 0.573 e. The van der Waals surface area contributed by atoms with Crippen molar-refractivity contribution in [3.8, 4) is 17.2 Å². The van der Waals surface area contributed by atoms with Gasteiger partial charge in [-0.1, -0.05) is 12.1 Å². The molecule has 6 nitrogen and oxygen atoms in total. The molecule has 0 fully saturated rings. The minimum Gasteiger partial charge on any atom is -0.434 e. The third kappa shape index (κ3) is 4.18. The number of para-hydroxylation sites is 1. The molecular weight excluding hydrogens is 387 g/mol. The van der Waals surface area contributed by atoms with Crippen molar-refractivity contribution < 1.29 is 27.1 Å². The highest BCUT2D eigenvalue weighted by atomic mass is 19.4. The fourth-order valence-electron chi connectivity index (χ4n) is 2.67. The van der Waals surface area contributed by atoms with Crippen LogP contribution in [-0.2, 0) is 0 Å². The first-order chi connectivity index (χ1) is 13.9. The van der Waals surface area contributed by atoms with Crippen LogP contribution in [0.3, 0.4) is 0 Å². The molecule has 0 bridgehead atoms. The van der Waals surface area contributed by atoms with Crippen LogP contribution in [0.15, 0.2) is 71.3 Å². The van der Waals surface area contributed by atoms with Gasteiger partial charge in [0.05, 0.1) is 11.3 Å². The summed E-state index contributed by atoms with van der Waals surface area (Å²) in [4.78, 5) is 21.0. The summed E-state index contributed by atoms with van der Waals surface area (Å²) in [5.41, 5.74) is 2.07. The molecule has 9 heteroatoms. The Balaban J connectivity index is 1.58. The van der Waals surface area contributed by atoms with Crippen molar-refractivity contribution >= 4 is 22.8 Å². The van der Waals surface area contributed by atoms with E-state index < -0.39 is 18.0 Å². The van der Waals surface area contributed by atoms with E-state index in [1.54, 1.807) is 42.6 Å². The van der Waals surface area contributed by atoms with Crippen LogP contribution in [0.5, 0.6) is 5.75 Å². The number of benzene rings is 2. The highest BCUT2D eigenvalue weighted by Gasteiger charge is 2.31. The second kappa shape index (κ2) is 7.27. The van der Waals surface area contributed by atoms with E-state index in [2.05, 4.69) is 20.0 Å². The fourth-order valence-corrected chi connectivity index (χ4v) is 2.67. The Kier molecular flexibility index (Phi) is 4.63. The summed E-state index contributed by atoms with van der Waals surface area (Å²) in [6.45, 7) is 0. The van der Waals surface area contributed by atoms with Gasteiger partial charge in [0.1, 0.15) is 5.75 Å². The average molecular weight is 399 g/mol. The number of nitrogens with zero attached hydrogens (tertiary/aromatic N) is 2. The molecule has 1 amide bonds. The predicted molar refractivity (Wildman–Crippen MR) is 98.3 cm³/mol. The topological polar surface area (TPSA) is 77.3 Å². The molecule has 146 valence electrons. The molecule has 0 unspecified atom stereocenters. The minimum atomic E-state index is -4.79. The molecule has 29 heavy (non-hydrogen) atoms. The molecule has 0 aliphatic heterocycles. The third-order valence-electron chi connectivity index (χ3n) is 3.92. The Bertz CT molecular complexity index is 1140. The average Bonchev–Trinajstić information content (AvgIpc) is 3.11. The largest absolute Gasteiger partial charge is 0.573 e. The number of aromatic nitrogens is 2. The molecular formula is C20H12F3N3O3. The summed E-state index contributed by atoms with van der Waals surface area (Å²) in [6, 6.07) is 14.9. The lowest BCUT2D eigenvalue weighted by Crippen LogP contribution is -2.17. The lowest BCUT2D eigenvalue weighted by Gasteiger charge is -2.10. The molecule has 4 aromatic rings. The first-order valence-electron chi connectivity index (χ1n) is 8.37. The Hall–Kier alpha value is -3.88. The van der Waals surface area contributed by atoms with E-state index in [4.69, 9.17) is 4.42 Å². The number of rotatable bonds is 4. The van der Waals surface area contributed by atoms with Crippen molar-refractivity contribution in [3.63, 3.8) is 0 Å². The predicted octanol–water partition coefficient (Wildman–Crippen LogP) is 5.04. The molecule has 0 atom stereocenters. The molecule has 2 aromatic heterocycles. The van der Waals surface area contributed by atoms with Crippen LogP contribution < -0.4 is 10.1 Å². The van der Waals surface area contributed by atoms with E-state index in [9.17, 15) is 18.0 Å². The standard InChI is InChI=1S/C20H12F3N3O3/c21-20(22,23)29-13-9-7-12(8-10-13)18(27)25-15-5-2-1-4-14(15)19-26-17-16(28-19)6-3-11-24-17/h1-11H,(H,25,27). The van der Waals surface area contributed by atoms with Crippen molar-refractivity contribution in [3.05, 3.63) is 72.4 Å². The number of pyridine rings is 1. The summed E-state index contributed by atoms with van der Waals surface area (Å²) in [6.07, 6.45) is -3.20. The van der Waals surface area contributed by atoms with Gasteiger partial charge in [0.2, 0.25) is 5.89 Å². The van der Waals surface area contributed by atoms with Gasteiger partial charge >= 0.3 is 6.36 Å². The van der Waals surface area contributed by atoms with E-state index >= 15 is 0 Å². The summed E-state index contributed by atoms with van der Waals surface area (Å²) in [7, 11) is 0. The summed E-state index contributed by atoms with van der Waals surface area (Å²) in [5, 5.41) is 2.71. The highest BCUT2D eigenvalue weighted by Crippen LogP contribution is 2.30. The van der Waals surface area contributed by atoms with E-state index in [-0.39, 0.29) is 11.5 Å². The monoisotopic (exact) mass is 399 g/mol. The third-order valence-corrected chi connectivity index (χ3v) is 3.92. The normalized spacial score (nSPS) is 11.4. The maximum absolute atomic E-state index is 12.5. The Morgan fingerprint density at radius 2 is 1.76 bits per heavy atom. The van der Waals surface area contributed by atoms with Gasteiger partial charge in [0, 0.05) is 11.8 Å².